The Bertz CT molecular complexity index is 794. The van der Waals surface area contributed by atoms with E-state index in [1.807, 2.05) is 0 Å². The molecule has 0 radical (unpaired) electrons. The van der Waals surface area contributed by atoms with Crippen molar-refractivity contribution in [2.75, 3.05) is 10.6 Å². The Morgan fingerprint density at radius 2 is 2.05 bits per heavy atom. The Morgan fingerprint density at radius 3 is 2.59 bits per heavy atom. The third-order valence-electron chi connectivity index (χ3n) is 2.85. The molecule has 0 saturated carbocycles. The SMILES string of the molecule is CS(=O)(=O)N(Cc1ccccn1)c1cc(Cl)cc(C(=O)O)c1. The van der Waals surface area contributed by atoms with Crippen molar-refractivity contribution in [3.8, 4) is 0 Å². The lowest BCUT2D eigenvalue weighted by Crippen LogP contribution is -2.29. The quantitative estimate of drug-likeness (QED) is 0.903. The van der Waals surface area contributed by atoms with Gasteiger partial charge in [0.25, 0.3) is 0 Å². The number of nitrogens with zero attached hydrogens (tertiary/aromatic N) is 2. The number of hydrogen-bond donors (Lipinski definition) is 1. The molecule has 0 aliphatic heterocycles. The van der Waals surface area contributed by atoms with Gasteiger partial charge >= 0.3 is 5.97 Å². The monoisotopic (exact) mass is 340 g/mol. The minimum absolute atomic E-state index is 0.0148. The third kappa shape index (κ3) is 3.96. The zero-order valence-corrected chi connectivity index (χ0v) is 13.2. The van der Waals surface area contributed by atoms with Gasteiger partial charge in [-0.2, -0.15) is 0 Å². The summed E-state index contributed by atoms with van der Waals surface area (Å²) in [6, 6.07) is 9.06. The highest BCUT2D eigenvalue weighted by Gasteiger charge is 2.20. The van der Waals surface area contributed by atoms with E-state index >= 15 is 0 Å². The molecular formula is C14H13ClN2O4S. The predicted molar refractivity (Wildman–Crippen MR) is 83.7 cm³/mol. The highest BCUT2D eigenvalue weighted by atomic mass is 35.5. The van der Waals surface area contributed by atoms with E-state index in [-0.39, 0.29) is 22.8 Å². The van der Waals surface area contributed by atoms with Gasteiger partial charge in [-0.1, -0.05) is 17.7 Å². The van der Waals surface area contributed by atoms with E-state index in [9.17, 15) is 13.2 Å². The first kappa shape index (κ1) is 16.3. The lowest BCUT2D eigenvalue weighted by molar-refractivity contribution is 0.0697. The van der Waals surface area contributed by atoms with Crippen LogP contribution in [-0.2, 0) is 16.6 Å². The van der Waals surface area contributed by atoms with E-state index in [1.165, 1.54) is 18.2 Å². The normalized spacial score (nSPS) is 11.2. The number of aromatic carboxylic acids is 1. The average Bonchev–Trinajstić information content (AvgIpc) is 2.44. The summed E-state index contributed by atoms with van der Waals surface area (Å²) in [7, 11) is -3.63. The second kappa shape index (κ2) is 6.33. The molecule has 0 amide bonds. The van der Waals surface area contributed by atoms with Gasteiger partial charge < -0.3 is 5.11 Å². The van der Waals surface area contributed by atoms with Gasteiger partial charge in [0, 0.05) is 11.2 Å². The molecule has 0 bridgehead atoms. The minimum atomic E-state index is -3.63. The predicted octanol–water partition coefficient (Wildman–Crippen LogP) is 2.40. The van der Waals surface area contributed by atoms with E-state index in [2.05, 4.69) is 4.98 Å². The van der Waals surface area contributed by atoms with Crippen molar-refractivity contribution in [3.63, 3.8) is 0 Å². The highest BCUT2D eigenvalue weighted by molar-refractivity contribution is 7.92. The number of carbonyl (C=O) groups is 1. The summed E-state index contributed by atoms with van der Waals surface area (Å²) in [5, 5.41) is 9.21. The van der Waals surface area contributed by atoms with Crippen LogP contribution in [0.15, 0.2) is 42.6 Å². The number of halogens is 1. The molecule has 8 heteroatoms. The molecule has 0 atom stereocenters. The first-order valence-corrected chi connectivity index (χ1v) is 8.41. The molecule has 0 saturated heterocycles. The van der Waals surface area contributed by atoms with Gasteiger partial charge in [-0.25, -0.2) is 13.2 Å². The van der Waals surface area contributed by atoms with Gasteiger partial charge in [0.15, 0.2) is 0 Å². The van der Waals surface area contributed by atoms with Crippen molar-refractivity contribution >= 4 is 33.3 Å². The van der Waals surface area contributed by atoms with Crippen molar-refractivity contribution in [1.82, 2.24) is 4.98 Å². The van der Waals surface area contributed by atoms with Crippen molar-refractivity contribution < 1.29 is 18.3 Å². The molecule has 22 heavy (non-hydrogen) atoms. The first-order valence-electron chi connectivity index (χ1n) is 6.19. The van der Waals surface area contributed by atoms with Gasteiger partial charge in [-0.15, -0.1) is 0 Å². The van der Waals surface area contributed by atoms with Gasteiger partial charge in [0.2, 0.25) is 10.0 Å². The molecular weight excluding hydrogens is 328 g/mol. The summed E-state index contributed by atoms with van der Waals surface area (Å²) in [6.45, 7) is -0.0148. The average molecular weight is 341 g/mol. The molecule has 0 aliphatic rings. The fraction of sp³-hybridized carbons (Fsp3) is 0.143. The molecule has 2 aromatic rings. The lowest BCUT2D eigenvalue weighted by Gasteiger charge is -2.22. The molecule has 1 heterocycles. The van der Waals surface area contributed by atoms with E-state index < -0.39 is 16.0 Å². The summed E-state index contributed by atoms with van der Waals surface area (Å²) < 4.78 is 25.1. The summed E-state index contributed by atoms with van der Waals surface area (Å²) in [6.07, 6.45) is 2.59. The Morgan fingerprint density at radius 1 is 1.32 bits per heavy atom. The minimum Gasteiger partial charge on any atom is -0.478 e. The van der Waals surface area contributed by atoms with Crippen molar-refractivity contribution in [2.45, 2.75) is 6.54 Å². The van der Waals surface area contributed by atoms with Crippen molar-refractivity contribution in [1.29, 1.82) is 0 Å². The Kier molecular flexibility index (Phi) is 4.68. The van der Waals surface area contributed by atoms with Gasteiger partial charge in [-0.05, 0) is 30.3 Å². The maximum atomic E-state index is 12.0. The Balaban J connectivity index is 2.49. The van der Waals surface area contributed by atoms with Crippen LogP contribution in [0.4, 0.5) is 5.69 Å². The molecule has 0 unspecified atom stereocenters. The molecule has 116 valence electrons. The fourth-order valence-corrected chi connectivity index (χ4v) is 2.96. The zero-order chi connectivity index (χ0) is 16.3. The highest BCUT2D eigenvalue weighted by Crippen LogP contribution is 2.26. The topological polar surface area (TPSA) is 87.6 Å². The van der Waals surface area contributed by atoms with E-state index in [4.69, 9.17) is 16.7 Å². The van der Waals surface area contributed by atoms with E-state index in [0.29, 0.717) is 5.69 Å². The number of carboxylic acids is 1. The van der Waals surface area contributed by atoms with Gasteiger partial charge in [0.05, 0.1) is 29.7 Å². The summed E-state index contributed by atoms with van der Waals surface area (Å²) in [5.41, 5.74) is 0.625. The number of benzene rings is 1. The van der Waals surface area contributed by atoms with Crippen molar-refractivity contribution in [3.05, 3.63) is 58.9 Å². The zero-order valence-electron chi connectivity index (χ0n) is 11.6. The van der Waals surface area contributed by atoms with E-state index in [1.54, 1.807) is 24.4 Å². The Hall–Kier alpha value is -2.12. The molecule has 0 fully saturated rings. The fourth-order valence-electron chi connectivity index (χ4n) is 1.88. The van der Waals surface area contributed by atoms with Crippen LogP contribution >= 0.6 is 11.6 Å². The van der Waals surface area contributed by atoms with Crippen LogP contribution in [0.3, 0.4) is 0 Å². The number of rotatable bonds is 5. The lowest BCUT2D eigenvalue weighted by atomic mass is 10.2. The standard InChI is InChI=1S/C14H13ClN2O4S/c1-22(20,21)17(9-12-4-2-3-5-16-12)13-7-10(14(18)19)6-11(15)8-13/h2-8H,9H2,1H3,(H,18,19). The molecule has 2 rings (SSSR count). The first-order chi connectivity index (χ1) is 10.3. The number of aromatic nitrogens is 1. The third-order valence-corrected chi connectivity index (χ3v) is 4.21. The number of sulfonamides is 1. The molecule has 6 nitrogen and oxygen atoms in total. The summed E-state index contributed by atoms with van der Waals surface area (Å²) in [4.78, 5) is 15.2. The Labute approximate surface area is 133 Å². The number of pyridine rings is 1. The number of anilines is 1. The number of carboxylic acid groups (broad SMARTS) is 1. The van der Waals surface area contributed by atoms with Crippen LogP contribution in [0, 0.1) is 0 Å². The molecule has 1 aromatic heterocycles. The molecule has 1 N–H and O–H groups in total. The maximum Gasteiger partial charge on any atom is 0.335 e. The number of hydrogen-bond acceptors (Lipinski definition) is 4. The van der Waals surface area contributed by atoms with Crippen molar-refractivity contribution in [2.24, 2.45) is 0 Å². The largest absolute Gasteiger partial charge is 0.478 e. The van der Waals surface area contributed by atoms with Crippen LogP contribution in [0.5, 0.6) is 0 Å². The van der Waals surface area contributed by atoms with Crippen LogP contribution in [-0.4, -0.2) is 30.7 Å². The van der Waals surface area contributed by atoms with E-state index in [0.717, 1.165) is 10.6 Å². The van der Waals surface area contributed by atoms with Gasteiger partial charge in [-0.3, -0.25) is 9.29 Å². The maximum absolute atomic E-state index is 12.0. The molecule has 1 aromatic carbocycles. The van der Waals surface area contributed by atoms with Crippen LogP contribution in [0.2, 0.25) is 5.02 Å². The van der Waals surface area contributed by atoms with Crippen LogP contribution in [0.1, 0.15) is 16.1 Å². The second-order valence-corrected chi connectivity index (χ2v) is 6.94. The van der Waals surface area contributed by atoms with Gasteiger partial charge in [0.1, 0.15) is 0 Å². The van der Waals surface area contributed by atoms with Crippen LogP contribution < -0.4 is 4.31 Å². The molecule has 0 aliphatic carbocycles. The molecule has 0 spiro atoms. The smallest absolute Gasteiger partial charge is 0.335 e. The summed E-state index contributed by atoms with van der Waals surface area (Å²) >= 11 is 5.89. The second-order valence-electron chi connectivity index (χ2n) is 4.59. The van der Waals surface area contributed by atoms with Crippen LogP contribution in [0.25, 0.3) is 0 Å². The summed E-state index contributed by atoms with van der Waals surface area (Å²) in [5.74, 6) is -1.19.